The minimum absolute atomic E-state index is 0.0896. The first-order valence-corrected chi connectivity index (χ1v) is 7.42. The van der Waals surface area contributed by atoms with Gasteiger partial charge in [0.05, 0.1) is 0 Å². The van der Waals surface area contributed by atoms with Crippen LogP contribution < -0.4 is 5.32 Å². The Morgan fingerprint density at radius 1 is 1.17 bits per heavy atom. The number of carbonyl (C=O) groups excluding carboxylic acids is 1. The van der Waals surface area contributed by atoms with E-state index in [0.717, 1.165) is 15.1 Å². The Kier molecular flexibility index (Phi) is 4.44. The first-order chi connectivity index (χ1) is 8.69. The maximum atomic E-state index is 12.0. The molecule has 2 rings (SSSR count). The molecular formula is C14H12BrNOS. The van der Waals surface area contributed by atoms with Gasteiger partial charge in [0.1, 0.15) is 0 Å². The molecule has 0 atom stereocenters. The summed E-state index contributed by atoms with van der Waals surface area (Å²) in [7, 11) is 0. The van der Waals surface area contributed by atoms with Crippen LogP contribution in [0.5, 0.6) is 0 Å². The van der Waals surface area contributed by atoms with Gasteiger partial charge in [-0.2, -0.15) is 0 Å². The number of nitrogens with one attached hydrogen (secondary N) is 1. The largest absolute Gasteiger partial charge is 0.322 e. The van der Waals surface area contributed by atoms with Gasteiger partial charge in [-0.05, 0) is 48.7 Å². The molecule has 0 fully saturated rings. The van der Waals surface area contributed by atoms with E-state index < -0.39 is 0 Å². The lowest BCUT2D eigenvalue weighted by Crippen LogP contribution is -2.11. The molecule has 0 saturated carbocycles. The number of thioether (sulfide) groups is 1. The Hall–Kier alpha value is -1.26. The highest BCUT2D eigenvalue weighted by Gasteiger charge is 2.06. The number of amides is 1. The summed E-state index contributed by atoms with van der Waals surface area (Å²) in [5.74, 6) is -0.0896. The molecule has 0 radical (unpaired) electrons. The van der Waals surface area contributed by atoms with Crippen molar-refractivity contribution in [3.63, 3.8) is 0 Å². The van der Waals surface area contributed by atoms with E-state index in [4.69, 9.17) is 0 Å². The quantitative estimate of drug-likeness (QED) is 0.848. The van der Waals surface area contributed by atoms with Crippen molar-refractivity contribution in [1.82, 2.24) is 0 Å². The van der Waals surface area contributed by atoms with Crippen LogP contribution in [0.2, 0.25) is 0 Å². The minimum Gasteiger partial charge on any atom is -0.322 e. The Morgan fingerprint density at radius 2 is 1.89 bits per heavy atom. The molecule has 4 heteroatoms. The smallest absolute Gasteiger partial charge is 0.255 e. The second kappa shape index (κ2) is 6.07. The van der Waals surface area contributed by atoms with E-state index in [0.29, 0.717) is 5.56 Å². The normalized spacial score (nSPS) is 10.1. The van der Waals surface area contributed by atoms with Crippen molar-refractivity contribution in [3.05, 3.63) is 58.6 Å². The molecule has 0 bridgehead atoms. The Bertz CT molecular complexity index is 554. The second-order valence-electron chi connectivity index (χ2n) is 3.69. The van der Waals surface area contributed by atoms with Gasteiger partial charge in [-0.25, -0.2) is 0 Å². The molecule has 2 aromatic rings. The summed E-state index contributed by atoms with van der Waals surface area (Å²) in [6.07, 6.45) is 1.99. The number of hydrogen-bond donors (Lipinski definition) is 1. The highest BCUT2D eigenvalue weighted by Crippen LogP contribution is 2.18. The standard InChI is InChI=1S/C14H12BrNOS/c1-18-13-4-2-3-10(9-13)14(17)16-12-7-5-11(15)6-8-12/h2-9H,1H3,(H,16,17). The lowest BCUT2D eigenvalue weighted by Gasteiger charge is -2.06. The van der Waals surface area contributed by atoms with Gasteiger partial charge in [-0.1, -0.05) is 22.0 Å². The van der Waals surface area contributed by atoms with Gasteiger partial charge in [0.25, 0.3) is 5.91 Å². The topological polar surface area (TPSA) is 29.1 Å². The molecule has 1 amide bonds. The van der Waals surface area contributed by atoms with E-state index in [1.807, 2.05) is 54.8 Å². The zero-order valence-corrected chi connectivity index (χ0v) is 12.2. The van der Waals surface area contributed by atoms with Gasteiger partial charge in [0.2, 0.25) is 0 Å². The van der Waals surface area contributed by atoms with Crippen LogP contribution in [0.25, 0.3) is 0 Å². The number of carbonyl (C=O) groups is 1. The molecule has 0 aliphatic heterocycles. The number of anilines is 1. The summed E-state index contributed by atoms with van der Waals surface area (Å²) in [5.41, 5.74) is 1.46. The molecule has 2 aromatic carbocycles. The summed E-state index contributed by atoms with van der Waals surface area (Å²) in [6, 6.07) is 15.1. The Labute approximate surface area is 119 Å². The van der Waals surface area contributed by atoms with E-state index in [9.17, 15) is 4.79 Å². The van der Waals surface area contributed by atoms with E-state index in [1.165, 1.54) is 0 Å². The van der Waals surface area contributed by atoms with E-state index >= 15 is 0 Å². The van der Waals surface area contributed by atoms with Gasteiger partial charge in [-0.3, -0.25) is 4.79 Å². The van der Waals surface area contributed by atoms with Crippen LogP contribution in [0, 0.1) is 0 Å². The van der Waals surface area contributed by atoms with E-state index in [-0.39, 0.29) is 5.91 Å². The number of benzene rings is 2. The summed E-state index contributed by atoms with van der Waals surface area (Å²) in [4.78, 5) is 13.1. The summed E-state index contributed by atoms with van der Waals surface area (Å²) < 4.78 is 0.991. The lowest BCUT2D eigenvalue weighted by molar-refractivity contribution is 0.102. The fraction of sp³-hybridized carbons (Fsp3) is 0.0714. The van der Waals surface area contributed by atoms with Crippen molar-refractivity contribution in [1.29, 1.82) is 0 Å². The molecule has 0 aliphatic carbocycles. The summed E-state index contributed by atoms with van der Waals surface area (Å²) in [6.45, 7) is 0. The second-order valence-corrected chi connectivity index (χ2v) is 5.49. The Morgan fingerprint density at radius 3 is 2.56 bits per heavy atom. The highest BCUT2D eigenvalue weighted by molar-refractivity contribution is 9.10. The predicted octanol–water partition coefficient (Wildman–Crippen LogP) is 4.42. The van der Waals surface area contributed by atoms with Crippen molar-refractivity contribution in [2.45, 2.75) is 4.90 Å². The summed E-state index contributed by atoms with van der Waals surface area (Å²) in [5, 5.41) is 2.87. The molecule has 18 heavy (non-hydrogen) atoms. The van der Waals surface area contributed by atoms with Crippen LogP contribution in [-0.2, 0) is 0 Å². The molecule has 0 heterocycles. The maximum Gasteiger partial charge on any atom is 0.255 e. The minimum atomic E-state index is -0.0896. The van der Waals surface area contributed by atoms with Crippen molar-refractivity contribution < 1.29 is 4.79 Å². The lowest BCUT2D eigenvalue weighted by atomic mass is 10.2. The molecule has 0 unspecified atom stereocenters. The van der Waals surface area contributed by atoms with Crippen LogP contribution in [0.4, 0.5) is 5.69 Å². The van der Waals surface area contributed by atoms with Crippen LogP contribution in [-0.4, -0.2) is 12.2 Å². The van der Waals surface area contributed by atoms with Crippen molar-refractivity contribution in [2.24, 2.45) is 0 Å². The zero-order valence-electron chi connectivity index (χ0n) is 9.81. The molecule has 0 saturated heterocycles. The van der Waals surface area contributed by atoms with Crippen molar-refractivity contribution >= 4 is 39.3 Å². The van der Waals surface area contributed by atoms with Crippen LogP contribution in [0.3, 0.4) is 0 Å². The Balaban J connectivity index is 2.14. The van der Waals surface area contributed by atoms with Gasteiger partial charge < -0.3 is 5.32 Å². The van der Waals surface area contributed by atoms with Crippen LogP contribution in [0.15, 0.2) is 57.9 Å². The molecule has 1 N–H and O–H groups in total. The molecule has 2 nitrogen and oxygen atoms in total. The predicted molar refractivity (Wildman–Crippen MR) is 80.3 cm³/mol. The average molecular weight is 322 g/mol. The van der Waals surface area contributed by atoms with Crippen LogP contribution >= 0.6 is 27.7 Å². The van der Waals surface area contributed by atoms with Gasteiger partial charge in [-0.15, -0.1) is 11.8 Å². The fourth-order valence-corrected chi connectivity index (χ4v) is 2.22. The molecule has 0 aliphatic rings. The van der Waals surface area contributed by atoms with E-state index in [1.54, 1.807) is 11.8 Å². The third-order valence-electron chi connectivity index (χ3n) is 2.43. The third-order valence-corrected chi connectivity index (χ3v) is 3.69. The average Bonchev–Trinajstić information content (AvgIpc) is 2.41. The fourth-order valence-electron chi connectivity index (χ4n) is 1.50. The molecule has 92 valence electrons. The maximum absolute atomic E-state index is 12.0. The van der Waals surface area contributed by atoms with Gasteiger partial charge >= 0.3 is 0 Å². The van der Waals surface area contributed by atoms with Crippen molar-refractivity contribution in [2.75, 3.05) is 11.6 Å². The first-order valence-electron chi connectivity index (χ1n) is 5.40. The SMILES string of the molecule is CSc1cccc(C(=O)Nc2ccc(Br)cc2)c1. The number of rotatable bonds is 3. The molecule has 0 spiro atoms. The first kappa shape index (κ1) is 13.2. The summed E-state index contributed by atoms with van der Waals surface area (Å²) >= 11 is 4.98. The number of hydrogen-bond acceptors (Lipinski definition) is 2. The van der Waals surface area contributed by atoms with Crippen LogP contribution in [0.1, 0.15) is 10.4 Å². The molecular weight excluding hydrogens is 310 g/mol. The van der Waals surface area contributed by atoms with Gasteiger partial charge in [0, 0.05) is 20.6 Å². The monoisotopic (exact) mass is 321 g/mol. The highest BCUT2D eigenvalue weighted by atomic mass is 79.9. The number of halogens is 1. The third kappa shape index (κ3) is 3.37. The zero-order chi connectivity index (χ0) is 13.0. The molecule has 0 aromatic heterocycles. The van der Waals surface area contributed by atoms with Crippen molar-refractivity contribution in [3.8, 4) is 0 Å². The van der Waals surface area contributed by atoms with E-state index in [2.05, 4.69) is 21.2 Å². The van der Waals surface area contributed by atoms with Gasteiger partial charge in [0.15, 0.2) is 0 Å².